The Hall–Kier alpha value is -0.370. The Bertz CT molecular complexity index is 416. The average molecular weight is 352 g/mol. The van der Waals surface area contributed by atoms with Crippen LogP contribution in [0.3, 0.4) is 0 Å². The Labute approximate surface area is 101 Å². The van der Waals surface area contributed by atoms with Gasteiger partial charge >= 0.3 is 6.18 Å². The van der Waals surface area contributed by atoms with Gasteiger partial charge in [0.05, 0.1) is 10.6 Å². The monoisotopic (exact) mass is 352 g/mol. The Morgan fingerprint density at radius 3 is 2.33 bits per heavy atom. The number of hydrogen-bond acceptors (Lipinski definition) is 1. The number of benzene rings is 1. The second-order valence-corrected chi connectivity index (χ2v) is 4.11. The molecule has 0 bridgehead atoms. The van der Waals surface area contributed by atoms with Gasteiger partial charge in [0.15, 0.2) is 0 Å². The Kier molecular flexibility index (Phi) is 3.59. The zero-order chi connectivity index (χ0) is 11.8. The van der Waals surface area contributed by atoms with Crippen molar-refractivity contribution in [3.8, 4) is 0 Å². The van der Waals surface area contributed by atoms with Crippen LogP contribution in [-0.4, -0.2) is 12.0 Å². The average Bonchev–Trinajstić information content (AvgIpc) is 2.10. The lowest BCUT2D eigenvalue weighted by Crippen LogP contribution is -2.24. The fourth-order valence-corrected chi connectivity index (χ4v) is 1.56. The summed E-state index contributed by atoms with van der Waals surface area (Å²) in [5.41, 5.74) is -1.13. The van der Waals surface area contributed by atoms with E-state index in [0.29, 0.717) is 0 Å². The summed E-state index contributed by atoms with van der Waals surface area (Å²) in [6.45, 7) is 0. The van der Waals surface area contributed by atoms with Gasteiger partial charge in [0.1, 0.15) is 5.82 Å². The number of rotatable bonds is 1. The first-order chi connectivity index (χ1) is 6.75. The lowest BCUT2D eigenvalue weighted by molar-refractivity contribution is -0.0887. The third-order valence-electron chi connectivity index (χ3n) is 1.53. The lowest BCUT2D eigenvalue weighted by Gasteiger charge is -2.08. The molecule has 0 aliphatic heterocycles. The van der Waals surface area contributed by atoms with E-state index in [9.17, 15) is 22.4 Å². The minimum Gasteiger partial charge on any atom is -0.284 e. The molecule has 0 N–H and O–H groups in total. The van der Waals surface area contributed by atoms with Gasteiger partial charge in [-0.25, -0.2) is 4.39 Å². The van der Waals surface area contributed by atoms with Crippen molar-refractivity contribution in [2.75, 3.05) is 0 Å². The molecule has 0 fully saturated rings. The molecule has 0 saturated carbocycles. The summed E-state index contributed by atoms with van der Waals surface area (Å²) >= 11 is 6.81. The predicted octanol–water partition coefficient (Wildman–Crippen LogP) is 3.83. The van der Waals surface area contributed by atoms with Crippen LogP contribution in [0.15, 0.2) is 12.1 Å². The second-order valence-electron chi connectivity index (χ2n) is 2.55. The molecular weight excluding hydrogens is 350 g/mol. The Morgan fingerprint density at radius 1 is 1.33 bits per heavy atom. The molecule has 0 spiro atoms. The summed E-state index contributed by atoms with van der Waals surface area (Å²) in [5, 5.41) is -0.546. The summed E-state index contributed by atoms with van der Waals surface area (Å²) in [7, 11) is 0. The zero-order valence-electron chi connectivity index (χ0n) is 6.83. The standard InChI is InChI=1S/C8H2ClF4IO/c9-3-1-2-4(14)6(10)5(3)7(15)8(11,12)13/h1-2H. The van der Waals surface area contributed by atoms with E-state index in [-0.39, 0.29) is 3.57 Å². The van der Waals surface area contributed by atoms with E-state index in [1.807, 2.05) is 0 Å². The molecule has 1 aromatic carbocycles. The van der Waals surface area contributed by atoms with E-state index >= 15 is 0 Å². The molecule has 0 aromatic heterocycles. The minimum absolute atomic E-state index is 0.0930. The molecule has 0 radical (unpaired) electrons. The van der Waals surface area contributed by atoms with E-state index in [2.05, 4.69) is 0 Å². The highest BCUT2D eigenvalue weighted by atomic mass is 127. The maximum Gasteiger partial charge on any atom is 0.455 e. The van der Waals surface area contributed by atoms with Gasteiger partial charge in [0.25, 0.3) is 5.78 Å². The van der Waals surface area contributed by atoms with Crippen molar-refractivity contribution >= 4 is 40.0 Å². The first kappa shape index (κ1) is 12.7. The first-order valence-electron chi connectivity index (χ1n) is 3.50. The van der Waals surface area contributed by atoms with E-state index in [1.54, 1.807) is 0 Å². The SMILES string of the molecule is O=C(c1c(Cl)ccc(I)c1F)C(F)(F)F. The van der Waals surface area contributed by atoms with Crippen molar-refractivity contribution in [2.24, 2.45) is 0 Å². The molecule has 0 unspecified atom stereocenters. The van der Waals surface area contributed by atoms with Crippen LogP contribution < -0.4 is 0 Å². The molecule has 15 heavy (non-hydrogen) atoms. The van der Waals surface area contributed by atoms with Crippen LogP contribution in [0.2, 0.25) is 5.02 Å². The number of Topliss-reactive ketones (excluding diaryl/α,β-unsaturated/α-hetero) is 1. The van der Waals surface area contributed by atoms with Crippen LogP contribution >= 0.6 is 34.2 Å². The third kappa shape index (κ3) is 2.60. The number of carbonyl (C=O) groups excluding carboxylic acids is 1. The molecule has 0 aliphatic rings. The van der Waals surface area contributed by atoms with E-state index < -0.39 is 28.4 Å². The van der Waals surface area contributed by atoms with E-state index in [1.165, 1.54) is 28.7 Å². The molecule has 0 aliphatic carbocycles. The summed E-state index contributed by atoms with van der Waals surface area (Å²) in [5.74, 6) is -3.52. The Morgan fingerprint density at radius 2 is 1.87 bits per heavy atom. The van der Waals surface area contributed by atoms with Crippen molar-refractivity contribution in [1.82, 2.24) is 0 Å². The van der Waals surface area contributed by atoms with Gasteiger partial charge in [-0.3, -0.25) is 4.79 Å². The smallest absolute Gasteiger partial charge is 0.284 e. The highest BCUT2D eigenvalue weighted by Gasteiger charge is 2.42. The van der Waals surface area contributed by atoms with E-state index in [0.717, 1.165) is 6.07 Å². The molecular formula is C8H2ClF4IO. The maximum absolute atomic E-state index is 13.2. The van der Waals surface area contributed by atoms with Gasteiger partial charge in [0.2, 0.25) is 0 Å². The Balaban J connectivity index is 3.38. The van der Waals surface area contributed by atoms with Gasteiger partial charge in [-0.15, -0.1) is 0 Å². The van der Waals surface area contributed by atoms with Crippen LogP contribution in [0.25, 0.3) is 0 Å². The highest BCUT2D eigenvalue weighted by Crippen LogP contribution is 2.30. The van der Waals surface area contributed by atoms with Crippen LogP contribution in [0.4, 0.5) is 17.6 Å². The van der Waals surface area contributed by atoms with Crippen molar-refractivity contribution in [2.45, 2.75) is 6.18 Å². The fraction of sp³-hybridized carbons (Fsp3) is 0.125. The van der Waals surface area contributed by atoms with Gasteiger partial charge in [-0.1, -0.05) is 11.6 Å². The second kappa shape index (κ2) is 4.25. The third-order valence-corrected chi connectivity index (χ3v) is 2.68. The first-order valence-corrected chi connectivity index (χ1v) is 4.96. The molecule has 0 saturated heterocycles. The molecule has 0 atom stereocenters. The highest BCUT2D eigenvalue weighted by molar-refractivity contribution is 14.1. The number of ketones is 1. The number of alkyl halides is 3. The normalized spacial score (nSPS) is 11.6. The lowest BCUT2D eigenvalue weighted by atomic mass is 10.1. The van der Waals surface area contributed by atoms with Crippen LogP contribution in [-0.2, 0) is 0 Å². The summed E-state index contributed by atoms with van der Waals surface area (Å²) in [4.78, 5) is 10.8. The molecule has 1 aromatic rings. The molecule has 1 rings (SSSR count). The quantitative estimate of drug-likeness (QED) is 0.325. The van der Waals surface area contributed by atoms with Crippen LogP contribution in [0.1, 0.15) is 10.4 Å². The molecule has 7 heteroatoms. The van der Waals surface area contributed by atoms with Crippen LogP contribution in [0, 0.1) is 9.39 Å². The van der Waals surface area contributed by atoms with Crippen molar-refractivity contribution < 1.29 is 22.4 Å². The largest absolute Gasteiger partial charge is 0.455 e. The van der Waals surface area contributed by atoms with Crippen molar-refractivity contribution in [3.63, 3.8) is 0 Å². The fourth-order valence-electron chi connectivity index (χ4n) is 0.877. The maximum atomic E-state index is 13.2. The van der Waals surface area contributed by atoms with Crippen molar-refractivity contribution in [3.05, 3.63) is 32.1 Å². The minimum atomic E-state index is -5.13. The number of halogens is 6. The molecule has 82 valence electrons. The summed E-state index contributed by atoms with van der Waals surface area (Å²) in [6.07, 6.45) is -5.13. The van der Waals surface area contributed by atoms with Gasteiger partial charge in [-0.05, 0) is 34.7 Å². The van der Waals surface area contributed by atoms with Crippen LogP contribution in [0.5, 0.6) is 0 Å². The molecule has 0 heterocycles. The summed E-state index contributed by atoms with van der Waals surface area (Å²) in [6, 6.07) is 2.23. The summed E-state index contributed by atoms with van der Waals surface area (Å²) < 4.78 is 49.3. The molecule has 0 amide bonds. The van der Waals surface area contributed by atoms with E-state index in [4.69, 9.17) is 11.6 Å². The zero-order valence-corrected chi connectivity index (χ0v) is 9.74. The molecule has 1 nitrogen and oxygen atoms in total. The topological polar surface area (TPSA) is 17.1 Å². The van der Waals surface area contributed by atoms with Gasteiger partial charge < -0.3 is 0 Å². The number of hydrogen-bond donors (Lipinski definition) is 0. The number of carbonyl (C=O) groups is 1. The van der Waals surface area contributed by atoms with Gasteiger partial charge in [0, 0.05) is 3.57 Å². The predicted molar refractivity (Wildman–Crippen MR) is 54.5 cm³/mol. The van der Waals surface area contributed by atoms with Gasteiger partial charge in [-0.2, -0.15) is 13.2 Å². The van der Waals surface area contributed by atoms with Crippen molar-refractivity contribution in [1.29, 1.82) is 0 Å².